The highest BCUT2D eigenvalue weighted by atomic mass is 19.1. The maximum Gasteiger partial charge on any atom is 0.328 e. The van der Waals surface area contributed by atoms with Crippen LogP contribution < -0.4 is 11.2 Å². The van der Waals surface area contributed by atoms with Crippen molar-refractivity contribution in [3.8, 4) is 0 Å². The minimum absolute atomic E-state index is 0.555. The summed E-state index contributed by atoms with van der Waals surface area (Å²) in [6.07, 6.45) is -0.336. The van der Waals surface area contributed by atoms with Crippen LogP contribution in [0.2, 0.25) is 0 Å². The van der Waals surface area contributed by atoms with E-state index in [1.54, 1.807) is 0 Å². The van der Waals surface area contributed by atoms with Gasteiger partial charge in [-0.2, -0.15) is 0 Å². The first-order chi connectivity index (χ1) is 7.56. The zero-order chi connectivity index (χ0) is 11.9. The van der Waals surface area contributed by atoms with E-state index in [0.717, 1.165) is 16.8 Å². The molecule has 0 amide bonds. The van der Waals surface area contributed by atoms with Crippen LogP contribution in [0.1, 0.15) is 6.04 Å². The molecule has 1 aliphatic carbocycles. The maximum absolute atomic E-state index is 13.5. The van der Waals surface area contributed by atoms with Crippen molar-refractivity contribution in [1.29, 1.82) is 0 Å². The Balaban J connectivity index is 2.41. The highest BCUT2D eigenvalue weighted by molar-refractivity contribution is 5.16. The first kappa shape index (κ1) is 11.0. The van der Waals surface area contributed by atoms with Gasteiger partial charge in [0.1, 0.15) is 6.17 Å². The monoisotopic (exact) mass is 230 g/mol. The lowest BCUT2D eigenvalue weighted by atomic mass is 10.1. The van der Waals surface area contributed by atoms with Crippen molar-refractivity contribution >= 4 is 0 Å². The van der Waals surface area contributed by atoms with E-state index in [-0.39, 0.29) is 0 Å². The number of H-pyrrole nitrogens is 1. The molecule has 88 valence electrons. The molecule has 1 aromatic rings. The second kappa shape index (κ2) is 3.53. The van der Waals surface area contributed by atoms with Gasteiger partial charge in [0.15, 0.2) is 0 Å². The molecule has 2 unspecified atom stereocenters. The molecule has 2 atom stereocenters. The summed E-state index contributed by atoms with van der Waals surface area (Å²) in [4.78, 5) is 24.2. The molecule has 0 aromatic carbocycles. The summed E-state index contributed by atoms with van der Waals surface area (Å²) in [5.74, 6) is 0. The summed E-state index contributed by atoms with van der Waals surface area (Å²) < 4.78 is 14.5. The van der Waals surface area contributed by atoms with Gasteiger partial charge in [-0.1, -0.05) is 0 Å². The molecule has 7 heteroatoms. The first-order valence-corrected chi connectivity index (χ1v) is 4.74. The number of aliphatic hydroxyl groups excluding tert-OH is 2. The van der Waals surface area contributed by atoms with Crippen LogP contribution in [-0.2, 0) is 0 Å². The van der Waals surface area contributed by atoms with Crippen molar-refractivity contribution in [2.45, 2.75) is 12.2 Å². The van der Waals surface area contributed by atoms with Gasteiger partial charge in [0.05, 0.1) is 24.7 Å². The number of hydrogen-bond acceptors (Lipinski definition) is 4. The van der Waals surface area contributed by atoms with Crippen molar-refractivity contribution in [3.63, 3.8) is 0 Å². The van der Waals surface area contributed by atoms with Crippen LogP contribution >= 0.6 is 0 Å². The lowest BCUT2D eigenvalue weighted by molar-refractivity contribution is 0.107. The van der Waals surface area contributed by atoms with E-state index in [2.05, 4.69) is 0 Å². The number of rotatable bonds is 3. The number of aromatic nitrogens is 2. The highest BCUT2D eigenvalue weighted by Gasteiger charge is 2.67. The van der Waals surface area contributed by atoms with Gasteiger partial charge in [0.2, 0.25) is 0 Å². The molecule has 0 aliphatic heterocycles. The van der Waals surface area contributed by atoms with Crippen LogP contribution in [0.4, 0.5) is 4.39 Å². The number of halogens is 1. The quantitative estimate of drug-likeness (QED) is 0.582. The summed E-state index contributed by atoms with van der Waals surface area (Å²) in [6, 6.07) is 0.165. The third-order valence-corrected chi connectivity index (χ3v) is 3.05. The molecule has 0 spiro atoms. The van der Waals surface area contributed by atoms with Gasteiger partial charge >= 0.3 is 5.69 Å². The summed E-state index contributed by atoms with van der Waals surface area (Å²) in [5.41, 5.74) is -2.64. The normalized spacial score (nSPS) is 26.7. The molecule has 0 bridgehead atoms. The van der Waals surface area contributed by atoms with E-state index in [1.807, 2.05) is 4.98 Å². The Morgan fingerprint density at radius 3 is 2.50 bits per heavy atom. The molecule has 1 heterocycles. The Morgan fingerprint density at radius 1 is 1.44 bits per heavy atom. The van der Waals surface area contributed by atoms with E-state index in [9.17, 15) is 14.0 Å². The largest absolute Gasteiger partial charge is 0.396 e. The molecule has 3 N–H and O–H groups in total. The van der Waals surface area contributed by atoms with Crippen LogP contribution in [0.15, 0.2) is 21.9 Å². The lowest BCUT2D eigenvalue weighted by Gasteiger charge is -2.09. The molecular formula is C9H11FN2O4. The Hall–Kier alpha value is -1.47. The van der Waals surface area contributed by atoms with Crippen molar-refractivity contribution in [2.24, 2.45) is 5.41 Å². The van der Waals surface area contributed by atoms with Crippen molar-refractivity contribution in [2.75, 3.05) is 13.2 Å². The van der Waals surface area contributed by atoms with Crippen LogP contribution in [0.5, 0.6) is 0 Å². The fourth-order valence-corrected chi connectivity index (χ4v) is 1.90. The maximum atomic E-state index is 13.5. The molecule has 2 rings (SSSR count). The topological polar surface area (TPSA) is 95.3 Å². The Labute approximate surface area is 89.0 Å². The molecule has 1 aromatic heterocycles. The summed E-state index contributed by atoms with van der Waals surface area (Å²) >= 11 is 0. The van der Waals surface area contributed by atoms with Gasteiger partial charge in [-0.3, -0.25) is 14.3 Å². The first-order valence-electron chi connectivity index (χ1n) is 4.74. The second-order valence-corrected chi connectivity index (χ2v) is 3.91. The predicted molar refractivity (Wildman–Crippen MR) is 51.9 cm³/mol. The lowest BCUT2D eigenvalue weighted by Crippen LogP contribution is -2.30. The van der Waals surface area contributed by atoms with Crippen LogP contribution in [0.3, 0.4) is 0 Å². The zero-order valence-corrected chi connectivity index (χ0v) is 8.26. The third-order valence-electron chi connectivity index (χ3n) is 3.05. The number of alkyl halides is 1. The molecule has 16 heavy (non-hydrogen) atoms. The van der Waals surface area contributed by atoms with E-state index in [4.69, 9.17) is 10.2 Å². The molecule has 1 fully saturated rings. The number of aromatic amines is 1. The van der Waals surface area contributed by atoms with Crippen molar-refractivity contribution in [1.82, 2.24) is 9.55 Å². The SMILES string of the molecule is O=c1ccn(C2C(F)C2(CO)CO)c(=O)[nH]1. The predicted octanol–water partition coefficient (Wildman–Crippen LogP) is -1.60. The third kappa shape index (κ3) is 1.32. The average Bonchev–Trinajstić information content (AvgIpc) is 2.84. The van der Waals surface area contributed by atoms with Crippen LogP contribution in [0.25, 0.3) is 0 Å². The molecule has 0 saturated heterocycles. The van der Waals surface area contributed by atoms with Gasteiger partial charge in [-0.25, -0.2) is 9.18 Å². The number of nitrogens with one attached hydrogen (secondary N) is 1. The average molecular weight is 230 g/mol. The summed E-state index contributed by atoms with van der Waals surface area (Å²) in [5, 5.41) is 18.0. The fraction of sp³-hybridized carbons (Fsp3) is 0.556. The zero-order valence-electron chi connectivity index (χ0n) is 8.26. The summed E-state index contributed by atoms with van der Waals surface area (Å²) in [6.45, 7) is -1.11. The number of hydrogen-bond donors (Lipinski definition) is 3. The smallest absolute Gasteiger partial charge is 0.328 e. The van der Waals surface area contributed by atoms with Gasteiger partial charge in [0.25, 0.3) is 5.56 Å². The van der Waals surface area contributed by atoms with Crippen LogP contribution in [0, 0.1) is 5.41 Å². The highest BCUT2D eigenvalue weighted by Crippen LogP contribution is 2.57. The van der Waals surface area contributed by atoms with Crippen LogP contribution in [-0.4, -0.2) is 39.1 Å². The Morgan fingerprint density at radius 2 is 2.06 bits per heavy atom. The Bertz CT molecular complexity index is 505. The van der Waals surface area contributed by atoms with Gasteiger partial charge in [-0.05, 0) is 0 Å². The van der Waals surface area contributed by atoms with Gasteiger partial charge < -0.3 is 10.2 Å². The number of nitrogens with zero attached hydrogens (tertiary/aromatic N) is 1. The molecular weight excluding hydrogens is 219 g/mol. The Kier molecular flexibility index (Phi) is 2.43. The van der Waals surface area contributed by atoms with E-state index in [0.29, 0.717) is 0 Å². The molecule has 0 radical (unpaired) electrons. The van der Waals surface area contributed by atoms with E-state index in [1.165, 1.54) is 0 Å². The second-order valence-electron chi connectivity index (χ2n) is 3.91. The van der Waals surface area contributed by atoms with Crippen molar-refractivity contribution in [3.05, 3.63) is 33.1 Å². The van der Waals surface area contributed by atoms with E-state index >= 15 is 0 Å². The molecule has 6 nitrogen and oxygen atoms in total. The van der Waals surface area contributed by atoms with Crippen molar-refractivity contribution < 1.29 is 14.6 Å². The van der Waals surface area contributed by atoms with Gasteiger partial charge in [0, 0.05) is 12.3 Å². The van der Waals surface area contributed by atoms with Gasteiger partial charge in [-0.15, -0.1) is 0 Å². The molecule has 1 saturated carbocycles. The standard InChI is InChI=1S/C9H11FN2O4/c10-6-7(9(6,3-13)4-14)12-2-1-5(15)11-8(12)16/h1-2,6-7,13-14H,3-4H2,(H,11,15,16). The van der Waals surface area contributed by atoms with E-state index < -0.39 is 42.1 Å². The summed E-state index contributed by atoms with van der Waals surface area (Å²) in [7, 11) is 0. The fourth-order valence-electron chi connectivity index (χ4n) is 1.90. The number of aliphatic hydroxyl groups is 2. The minimum Gasteiger partial charge on any atom is -0.396 e. The minimum atomic E-state index is -1.49. The molecule has 1 aliphatic rings.